The van der Waals surface area contributed by atoms with Crippen molar-refractivity contribution in [3.05, 3.63) is 57.6 Å². The van der Waals surface area contributed by atoms with Crippen LogP contribution in [0.5, 0.6) is 11.5 Å². The van der Waals surface area contributed by atoms with Gasteiger partial charge in [0.15, 0.2) is 0 Å². The summed E-state index contributed by atoms with van der Waals surface area (Å²) in [6.07, 6.45) is 2.09. The number of aromatic hydroxyl groups is 2. The summed E-state index contributed by atoms with van der Waals surface area (Å²) in [6, 6.07) is 10.9. The zero-order valence-electron chi connectivity index (χ0n) is 14.1. The summed E-state index contributed by atoms with van der Waals surface area (Å²) >= 11 is 12.4. The molecule has 0 aliphatic heterocycles. The topological polar surface area (TPSA) is 40.5 Å². The van der Waals surface area contributed by atoms with E-state index in [1.165, 1.54) is 0 Å². The Kier molecular flexibility index (Phi) is 4.26. The molecule has 0 unspecified atom stereocenters. The molecule has 128 valence electrons. The van der Waals surface area contributed by atoms with Gasteiger partial charge in [0.25, 0.3) is 0 Å². The van der Waals surface area contributed by atoms with Gasteiger partial charge >= 0.3 is 0 Å². The number of benzene rings is 2. The van der Waals surface area contributed by atoms with Crippen molar-refractivity contribution in [1.82, 2.24) is 0 Å². The summed E-state index contributed by atoms with van der Waals surface area (Å²) in [5, 5.41) is 20.3. The third-order valence-corrected chi connectivity index (χ3v) is 6.00. The first-order valence-corrected chi connectivity index (χ1v) is 8.90. The van der Waals surface area contributed by atoms with Crippen LogP contribution in [0.4, 0.5) is 0 Å². The third kappa shape index (κ3) is 2.66. The molecule has 1 atom stereocenters. The Morgan fingerprint density at radius 1 is 0.917 bits per heavy atom. The second-order valence-electron chi connectivity index (χ2n) is 7.76. The lowest BCUT2D eigenvalue weighted by molar-refractivity contribution is 0.0481. The number of phenols is 2. The maximum atomic E-state index is 9.79. The van der Waals surface area contributed by atoms with Crippen molar-refractivity contribution >= 4 is 23.2 Å². The summed E-state index contributed by atoms with van der Waals surface area (Å²) in [5.41, 5.74) is 2.05. The summed E-state index contributed by atoms with van der Waals surface area (Å²) < 4.78 is 0. The average Bonchev–Trinajstić information content (AvgIpc) is 2.44. The highest BCUT2D eigenvalue weighted by molar-refractivity contribution is 6.32. The summed E-state index contributed by atoms with van der Waals surface area (Å²) in [7, 11) is 0. The minimum absolute atomic E-state index is 0.0888. The van der Waals surface area contributed by atoms with E-state index >= 15 is 0 Å². The molecule has 1 fully saturated rings. The van der Waals surface area contributed by atoms with Crippen LogP contribution >= 0.6 is 23.2 Å². The number of hydrogen-bond acceptors (Lipinski definition) is 2. The van der Waals surface area contributed by atoms with Gasteiger partial charge in [-0.25, -0.2) is 0 Å². The monoisotopic (exact) mass is 364 g/mol. The fourth-order valence-corrected chi connectivity index (χ4v) is 4.54. The number of hydrogen-bond donors (Lipinski definition) is 2. The van der Waals surface area contributed by atoms with Gasteiger partial charge < -0.3 is 10.2 Å². The molecule has 24 heavy (non-hydrogen) atoms. The lowest BCUT2D eigenvalue weighted by Gasteiger charge is -2.56. The Morgan fingerprint density at radius 3 is 1.67 bits per heavy atom. The van der Waals surface area contributed by atoms with Gasteiger partial charge in [-0.15, -0.1) is 0 Å². The summed E-state index contributed by atoms with van der Waals surface area (Å²) in [6.45, 7) is 6.74. The average molecular weight is 365 g/mol. The quantitative estimate of drug-likeness (QED) is 0.670. The molecule has 2 nitrogen and oxygen atoms in total. The van der Waals surface area contributed by atoms with Crippen LogP contribution in [0.15, 0.2) is 36.4 Å². The Hall–Kier alpha value is -1.38. The number of phenolic OH excluding ortho intramolecular Hbond substituents is 2. The maximum absolute atomic E-state index is 9.79. The first-order chi connectivity index (χ1) is 11.2. The molecule has 1 aliphatic carbocycles. The molecular weight excluding hydrogens is 343 g/mol. The summed E-state index contributed by atoms with van der Waals surface area (Å²) in [5.74, 6) is 0.586. The smallest absolute Gasteiger partial charge is 0.134 e. The largest absolute Gasteiger partial charge is 0.506 e. The lowest BCUT2D eigenvalue weighted by Crippen LogP contribution is -2.51. The molecular formula is C20H22Cl2O2. The minimum atomic E-state index is -0.215. The van der Waals surface area contributed by atoms with E-state index in [0.717, 1.165) is 24.0 Å². The van der Waals surface area contributed by atoms with Crippen molar-refractivity contribution in [3.63, 3.8) is 0 Å². The van der Waals surface area contributed by atoms with Gasteiger partial charge in [-0.2, -0.15) is 0 Å². The van der Waals surface area contributed by atoms with Crippen LogP contribution in [0, 0.1) is 11.3 Å². The molecule has 2 aromatic carbocycles. The van der Waals surface area contributed by atoms with Crippen molar-refractivity contribution < 1.29 is 10.2 Å². The molecule has 1 saturated carbocycles. The summed E-state index contributed by atoms with van der Waals surface area (Å²) in [4.78, 5) is 0. The molecule has 3 rings (SSSR count). The Morgan fingerprint density at radius 2 is 1.38 bits per heavy atom. The fraction of sp³-hybridized carbons (Fsp3) is 0.400. The van der Waals surface area contributed by atoms with E-state index < -0.39 is 0 Å². The molecule has 0 saturated heterocycles. The Balaban J connectivity index is 2.21. The molecule has 0 radical (unpaired) electrons. The second-order valence-corrected chi connectivity index (χ2v) is 8.58. The predicted octanol–water partition coefficient (Wildman–Crippen LogP) is 6.15. The van der Waals surface area contributed by atoms with Crippen molar-refractivity contribution in [3.8, 4) is 11.5 Å². The van der Waals surface area contributed by atoms with Gasteiger partial charge in [0.2, 0.25) is 0 Å². The van der Waals surface area contributed by atoms with E-state index in [0.29, 0.717) is 16.0 Å². The molecule has 0 spiro atoms. The van der Waals surface area contributed by atoms with Gasteiger partial charge in [-0.05, 0) is 59.6 Å². The van der Waals surface area contributed by atoms with Crippen LogP contribution in [-0.2, 0) is 5.41 Å². The fourth-order valence-electron chi connectivity index (χ4n) is 4.18. The van der Waals surface area contributed by atoms with Crippen molar-refractivity contribution in [1.29, 1.82) is 0 Å². The van der Waals surface area contributed by atoms with E-state index in [2.05, 4.69) is 20.8 Å². The highest BCUT2D eigenvalue weighted by atomic mass is 35.5. The van der Waals surface area contributed by atoms with Crippen LogP contribution < -0.4 is 0 Å². The lowest BCUT2D eigenvalue weighted by atomic mass is 9.47. The highest BCUT2D eigenvalue weighted by Gasteiger charge is 2.53. The molecule has 1 aliphatic rings. The predicted molar refractivity (Wildman–Crippen MR) is 99.2 cm³/mol. The molecule has 0 heterocycles. The van der Waals surface area contributed by atoms with Gasteiger partial charge in [-0.3, -0.25) is 0 Å². The first-order valence-electron chi connectivity index (χ1n) is 8.14. The van der Waals surface area contributed by atoms with Crippen LogP contribution in [0.2, 0.25) is 10.0 Å². The standard InChI is InChI=1S/C20H22Cl2O2/c1-19(2,3)18-8-9-20(18,12-4-6-16(23)14(21)10-12)13-5-7-17(24)15(22)11-13/h4-7,10-11,18,23-24H,8-9H2,1-3H3/t18-/m1/s1. The van der Waals surface area contributed by atoms with Crippen LogP contribution in [-0.4, -0.2) is 10.2 Å². The van der Waals surface area contributed by atoms with Gasteiger partial charge in [0.05, 0.1) is 10.0 Å². The molecule has 2 aromatic rings. The van der Waals surface area contributed by atoms with E-state index in [1.54, 1.807) is 12.1 Å². The van der Waals surface area contributed by atoms with E-state index in [9.17, 15) is 10.2 Å². The van der Waals surface area contributed by atoms with E-state index in [1.807, 2.05) is 24.3 Å². The zero-order valence-corrected chi connectivity index (χ0v) is 15.6. The SMILES string of the molecule is CC(C)(C)[C@H]1CCC1(c1ccc(O)c(Cl)c1)c1ccc(O)c(Cl)c1. The Bertz CT molecular complexity index is 726. The van der Waals surface area contributed by atoms with Crippen LogP contribution in [0.3, 0.4) is 0 Å². The molecule has 0 bridgehead atoms. The molecule has 4 heteroatoms. The molecule has 0 aromatic heterocycles. The van der Waals surface area contributed by atoms with E-state index in [4.69, 9.17) is 23.2 Å². The third-order valence-electron chi connectivity index (χ3n) is 5.39. The number of rotatable bonds is 2. The minimum Gasteiger partial charge on any atom is -0.506 e. The van der Waals surface area contributed by atoms with Gasteiger partial charge in [0, 0.05) is 5.41 Å². The molecule has 0 amide bonds. The Labute approximate surface area is 153 Å². The molecule has 2 N–H and O–H groups in total. The van der Waals surface area contributed by atoms with Crippen molar-refractivity contribution in [2.75, 3.05) is 0 Å². The van der Waals surface area contributed by atoms with Crippen molar-refractivity contribution in [2.24, 2.45) is 11.3 Å². The first kappa shape index (κ1) is 17.4. The van der Waals surface area contributed by atoms with Gasteiger partial charge in [-0.1, -0.05) is 56.1 Å². The normalized spacial score (nSPS) is 19.8. The van der Waals surface area contributed by atoms with Crippen molar-refractivity contribution in [2.45, 2.75) is 39.0 Å². The van der Waals surface area contributed by atoms with Crippen LogP contribution in [0.25, 0.3) is 0 Å². The number of halogens is 2. The van der Waals surface area contributed by atoms with Crippen LogP contribution in [0.1, 0.15) is 44.7 Å². The van der Waals surface area contributed by atoms with E-state index in [-0.39, 0.29) is 22.3 Å². The highest BCUT2D eigenvalue weighted by Crippen LogP contribution is 2.60. The maximum Gasteiger partial charge on any atom is 0.134 e. The van der Waals surface area contributed by atoms with Gasteiger partial charge in [0.1, 0.15) is 11.5 Å². The zero-order chi connectivity index (χ0) is 17.7. The second kappa shape index (κ2) is 5.86.